The second kappa shape index (κ2) is 5.79. The molecule has 1 aliphatic rings. The summed E-state index contributed by atoms with van der Waals surface area (Å²) in [6, 6.07) is 9.47. The van der Waals surface area contributed by atoms with Crippen molar-refractivity contribution in [1.29, 1.82) is 0 Å². The largest absolute Gasteiger partial charge is 0.455 e. The average molecular weight is 320 g/mol. The molecule has 0 radical (unpaired) electrons. The number of nitrogens with zero attached hydrogens (tertiary/aromatic N) is 2. The average Bonchev–Trinajstić information content (AvgIpc) is 3.06. The summed E-state index contributed by atoms with van der Waals surface area (Å²) in [5, 5.41) is 5.20. The van der Waals surface area contributed by atoms with Crippen LogP contribution < -0.4 is 0 Å². The van der Waals surface area contributed by atoms with Crippen molar-refractivity contribution < 1.29 is 13.6 Å². The molecule has 1 amide bonds. The first-order chi connectivity index (χ1) is 10.1. The van der Waals surface area contributed by atoms with Gasteiger partial charge in [0.1, 0.15) is 17.3 Å². The third kappa shape index (κ3) is 3.03. The van der Waals surface area contributed by atoms with Crippen LogP contribution in [-0.2, 0) is 4.79 Å². The summed E-state index contributed by atoms with van der Waals surface area (Å²) in [4.78, 5) is 11.5. The number of rotatable bonds is 3. The van der Waals surface area contributed by atoms with E-state index in [0.29, 0.717) is 21.6 Å². The van der Waals surface area contributed by atoms with E-state index in [2.05, 4.69) is 5.10 Å². The van der Waals surface area contributed by atoms with Gasteiger partial charge < -0.3 is 4.42 Å². The van der Waals surface area contributed by atoms with Crippen LogP contribution in [0.3, 0.4) is 0 Å². The smallest absolute Gasteiger partial charge is 0.259 e. The highest BCUT2D eigenvalue weighted by Crippen LogP contribution is 2.22. The molecule has 1 aliphatic heterocycles. The highest BCUT2D eigenvalue weighted by molar-refractivity contribution is 8.23. The molecule has 0 unspecified atom stereocenters. The first kappa shape index (κ1) is 14.0. The fourth-order valence-corrected chi connectivity index (χ4v) is 2.73. The van der Waals surface area contributed by atoms with Crippen molar-refractivity contribution in [3.63, 3.8) is 0 Å². The fraction of sp³-hybridized carbons (Fsp3) is 0.0714. The van der Waals surface area contributed by atoms with Gasteiger partial charge in [-0.25, -0.2) is 4.39 Å². The number of halogens is 1. The van der Waals surface area contributed by atoms with Gasteiger partial charge in [-0.05, 0) is 36.4 Å². The molecule has 2 heterocycles. The summed E-state index contributed by atoms with van der Waals surface area (Å²) in [5.41, 5.74) is 0.763. The predicted octanol–water partition coefficient (Wildman–Crippen LogP) is 3.28. The molecule has 21 heavy (non-hydrogen) atoms. The standard InChI is InChI=1S/C14H9FN2O2S2/c15-10-3-1-9(2-4-10)12-6-5-11(19-12)7-16-17-13(18)8-21-14(17)20/h1-7H,8H2/b16-7+. The van der Waals surface area contributed by atoms with Crippen molar-refractivity contribution in [3.05, 3.63) is 48.0 Å². The number of thioether (sulfide) groups is 1. The normalized spacial score (nSPS) is 15.4. The molecule has 4 nitrogen and oxygen atoms in total. The molecular weight excluding hydrogens is 311 g/mol. The van der Waals surface area contributed by atoms with Crippen LogP contribution in [0.1, 0.15) is 5.76 Å². The van der Waals surface area contributed by atoms with Gasteiger partial charge in [-0.1, -0.05) is 24.0 Å². The Morgan fingerprint density at radius 2 is 2.05 bits per heavy atom. The maximum atomic E-state index is 12.9. The molecule has 106 valence electrons. The summed E-state index contributed by atoms with van der Waals surface area (Å²) < 4.78 is 18.9. The molecule has 0 aliphatic carbocycles. The maximum Gasteiger partial charge on any atom is 0.259 e. The predicted molar refractivity (Wildman–Crippen MR) is 83.6 cm³/mol. The highest BCUT2D eigenvalue weighted by atomic mass is 32.2. The summed E-state index contributed by atoms with van der Waals surface area (Å²) >= 11 is 6.30. The fourth-order valence-electron chi connectivity index (χ4n) is 1.77. The van der Waals surface area contributed by atoms with Gasteiger partial charge in [0.05, 0.1) is 12.0 Å². The van der Waals surface area contributed by atoms with E-state index in [4.69, 9.17) is 16.6 Å². The van der Waals surface area contributed by atoms with E-state index in [1.165, 1.54) is 35.1 Å². The molecule has 7 heteroatoms. The van der Waals surface area contributed by atoms with Gasteiger partial charge in [0.2, 0.25) is 0 Å². The van der Waals surface area contributed by atoms with Crippen LogP contribution >= 0.6 is 24.0 Å². The molecule has 0 bridgehead atoms. The van der Waals surface area contributed by atoms with Gasteiger partial charge in [0.15, 0.2) is 4.32 Å². The van der Waals surface area contributed by atoms with E-state index in [0.717, 1.165) is 5.56 Å². The van der Waals surface area contributed by atoms with E-state index < -0.39 is 0 Å². The zero-order valence-corrected chi connectivity index (χ0v) is 12.3. The summed E-state index contributed by atoms with van der Waals surface area (Å²) in [6.45, 7) is 0. The van der Waals surface area contributed by atoms with E-state index >= 15 is 0 Å². The first-order valence-electron chi connectivity index (χ1n) is 6.03. The Bertz CT molecular complexity index is 709. The lowest BCUT2D eigenvalue weighted by molar-refractivity contribution is -0.123. The Labute approximate surface area is 129 Å². The number of carbonyl (C=O) groups is 1. The minimum atomic E-state index is -0.300. The Balaban J connectivity index is 1.77. The zero-order chi connectivity index (χ0) is 14.8. The summed E-state index contributed by atoms with van der Waals surface area (Å²) in [5.74, 6) is 0.954. The Hall–Kier alpha value is -1.99. The number of carbonyl (C=O) groups excluding carboxylic acids is 1. The third-order valence-corrected chi connectivity index (χ3v) is 4.12. The van der Waals surface area contributed by atoms with Crippen LogP contribution in [0.2, 0.25) is 0 Å². The topological polar surface area (TPSA) is 45.8 Å². The van der Waals surface area contributed by atoms with Gasteiger partial charge in [0.25, 0.3) is 5.91 Å². The van der Waals surface area contributed by atoms with E-state index in [-0.39, 0.29) is 11.7 Å². The molecule has 1 saturated heterocycles. The van der Waals surface area contributed by atoms with Crippen molar-refractivity contribution in [2.45, 2.75) is 0 Å². The first-order valence-corrected chi connectivity index (χ1v) is 7.42. The van der Waals surface area contributed by atoms with Crippen molar-refractivity contribution in [2.24, 2.45) is 5.10 Å². The molecule has 0 N–H and O–H groups in total. The highest BCUT2D eigenvalue weighted by Gasteiger charge is 2.26. The molecule has 0 saturated carbocycles. The van der Waals surface area contributed by atoms with Gasteiger partial charge in [-0.2, -0.15) is 10.1 Å². The van der Waals surface area contributed by atoms with Crippen LogP contribution in [0.4, 0.5) is 4.39 Å². The second-order valence-electron chi connectivity index (χ2n) is 4.21. The van der Waals surface area contributed by atoms with Crippen molar-refractivity contribution in [2.75, 3.05) is 5.75 Å². The van der Waals surface area contributed by atoms with Crippen LogP contribution in [0.5, 0.6) is 0 Å². The van der Waals surface area contributed by atoms with Crippen molar-refractivity contribution in [1.82, 2.24) is 5.01 Å². The number of furan rings is 1. The Morgan fingerprint density at radius 1 is 1.29 bits per heavy atom. The van der Waals surface area contributed by atoms with Crippen molar-refractivity contribution >= 4 is 40.4 Å². The number of hydrazone groups is 1. The molecule has 3 rings (SSSR count). The van der Waals surface area contributed by atoms with Crippen LogP contribution in [-0.4, -0.2) is 27.2 Å². The molecule has 1 aromatic heterocycles. The van der Waals surface area contributed by atoms with Crippen LogP contribution in [0.25, 0.3) is 11.3 Å². The minimum Gasteiger partial charge on any atom is -0.455 e. The van der Waals surface area contributed by atoms with Crippen LogP contribution in [0.15, 0.2) is 45.9 Å². The molecule has 1 fully saturated rings. The lowest BCUT2D eigenvalue weighted by Crippen LogP contribution is -2.22. The van der Waals surface area contributed by atoms with E-state index in [9.17, 15) is 9.18 Å². The SMILES string of the molecule is O=C1CSC(=S)N1/N=C/c1ccc(-c2ccc(F)cc2)o1. The van der Waals surface area contributed by atoms with Crippen molar-refractivity contribution in [3.8, 4) is 11.3 Å². The van der Waals surface area contributed by atoms with Gasteiger partial charge in [0, 0.05) is 5.56 Å². The number of benzene rings is 1. The zero-order valence-electron chi connectivity index (χ0n) is 10.7. The number of hydrogen-bond donors (Lipinski definition) is 0. The Morgan fingerprint density at radius 3 is 2.71 bits per heavy atom. The molecule has 2 aromatic rings. The van der Waals surface area contributed by atoms with Gasteiger partial charge in [-0.15, -0.1) is 0 Å². The van der Waals surface area contributed by atoms with Crippen LogP contribution in [0, 0.1) is 5.82 Å². The lowest BCUT2D eigenvalue weighted by Gasteiger charge is -2.05. The quantitative estimate of drug-likeness (QED) is 0.643. The summed E-state index contributed by atoms with van der Waals surface area (Å²) in [7, 11) is 0. The molecule has 0 spiro atoms. The Kier molecular flexibility index (Phi) is 3.85. The van der Waals surface area contributed by atoms with E-state index in [1.54, 1.807) is 24.3 Å². The number of amides is 1. The third-order valence-electron chi connectivity index (χ3n) is 2.78. The number of hydrogen-bond acceptors (Lipinski definition) is 5. The maximum absolute atomic E-state index is 12.9. The van der Waals surface area contributed by atoms with E-state index in [1.807, 2.05) is 0 Å². The monoisotopic (exact) mass is 320 g/mol. The van der Waals surface area contributed by atoms with Gasteiger partial charge in [-0.3, -0.25) is 4.79 Å². The molecule has 1 aromatic carbocycles. The molecule has 0 atom stereocenters. The molecular formula is C14H9FN2O2S2. The summed E-state index contributed by atoms with van der Waals surface area (Å²) in [6.07, 6.45) is 1.43. The minimum absolute atomic E-state index is 0.147. The van der Waals surface area contributed by atoms with Gasteiger partial charge >= 0.3 is 0 Å². The second-order valence-corrected chi connectivity index (χ2v) is 5.82. The number of thiocarbonyl (C=S) groups is 1. The lowest BCUT2D eigenvalue weighted by atomic mass is 10.2.